The Hall–Kier alpha value is -3.43. The number of fused-ring (bicyclic) bond motifs is 2. The summed E-state index contributed by atoms with van der Waals surface area (Å²) in [7, 11) is -3.41. The Balaban J connectivity index is 1.68. The molecule has 0 atom stereocenters. The smallest absolute Gasteiger partial charge is 0.177 e. The second-order valence-electron chi connectivity index (χ2n) is 6.75. The maximum atomic E-state index is 12.1. The number of aromatic nitrogens is 4. The van der Waals surface area contributed by atoms with Gasteiger partial charge in [-0.3, -0.25) is 15.0 Å². The number of hydrogen-bond acceptors (Lipinski definition) is 8. The quantitative estimate of drug-likeness (QED) is 0.447. The van der Waals surface area contributed by atoms with Gasteiger partial charge in [0.25, 0.3) is 0 Å². The molecule has 0 aliphatic heterocycles. The Morgan fingerprint density at radius 2 is 1.80 bits per heavy atom. The molecule has 0 saturated carbocycles. The zero-order valence-electron chi connectivity index (χ0n) is 15.8. The molecular formula is C21H15N5O2S2. The van der Waals surface area contributed by atoms with Crippen molar-refractivity contribution in [3.63, 3.8) is 0 Å². The Morgan fingerprint density at radius 1 is 0.933 bits per heavy atom. The average Bonchev–Trinajstić information content (AvgIpc) is 3.21. The lowest BCUT2D eigenvalue weighted by Crippen LogP contribution is -2.03. The molecule has 0 aliphatic rings. The van der Waals surface area contributed by atoms with E-state index >= 15 is 0 Å². The van der Waals surface area contributed by atoms with Crippen molar-refractivity contribution in [3.8, 4) is 11.1 Å². The Bertz CT molecular complexity index is 1510. The molecule has 0 radical (unpaired) electrons. The highest BCUT2D eigenvalue weighted by Gasteiger charge is 2.15. The molecule has 3 heterocycles. The summed E-state index contributed by atoms with van der Waals surface area (Å²) >= 11 is 1.59. The number of anilines is 2. The first-order valence-corrected chi connectivity index (χ1v) is 11.8. The summed E-state index contributed by atoms with van der Waals surface area (Å²) in [6, 6.07) is 11.3. The number of benzene rings is 2. The third-order valence-electron chi connectivity index (χ3n) is 4.67. The van der Waals surface area contributed by atoms with Crippen LogP contribution in [0.25, 0.3) is 32.4 Å². The van der Waals surface area contributed by atoms with Crippen LogP contribution in [0.1, 0.15) is 0 Å². The molecule has 0 fully saturated rings. The fraction of sp³-hybridized carbons (Fsp3) is 0.0476. The van der Waals surface area contributed by atoms with E-state index in [2.05, 4.69) is 25.3 Å². The summed E-state index contributed by atoms with van der Waals surface area (Å²) in [6.07, 6.45) is 7.42. The van der Waals surface area contributed by atoms with Crippen LogP contribution in [0.2, 0.25) is 0 Å². The van der Waals surface area contributed by atoms with Crippen molar-refractivity contribution in [2.75, 3.05) is 11.6 Å². The first-order chi connectivity index (χ1) is 14.5. The molecule has 5 rings (SSSR count). The molecule has 2 aromatic carbocycles. The number of thiazole rings is 1. The minimum Gasteiger partial charge on any atom is -0.353 e. The fourth-order valence-electron chi connectivity index (χ4n) is 3.35. The van der Waals surface area contributed by atoms with Crippen LogP contribution >= 0.6 is 11.3 Å². The normalized spacial score (nSPS) is 11.8. The number of pyridine rings is 1. The molecule has 7 nitrogen and oxygen atoms in total. The van der Waals surface area contributed by atoms with Gasteiger partial charge in [0.05, 0.1) is 43.5 Å². The average molecular weight is 434 g/mol. The van der Waals surface area contributed by atoms with Gasteiger partial charge < -0.3 is 5.32 Å². The Kier molecular flexibility index (Phi) is 4.41. The van der Waals surface area contributed by atoms with Gasteiger partial charge >= 0.3 is 0 Å². The maximum Gasteiger partial charge on any atom is 0.177 e. The van der Waals surface area contributed by atoms with Crippen molar-refractivity contribution >= 4 is 53.8 Å². The number of hydrogen-bond donors (Lipinski definition) is 1. The minimum absolute atomic E-state index is 0.183. The number of nitrogens with zero attached hydrogens (tertiary/aromatic N) is 4. The van der Waals surface area contributed by atoms with Crippen LogP contribution in [-0.2, 0) is 9.84 Å². The molecule has 1 N–H and O–H groups in total. The van der Waals surface area contributed by atoms with Gasteiger partial charge in [0.1, 0.15) is 0 Å². The summed E-state index contributed by atoms with van der Waals surface area (Å²) < 4.78 is 25.4. The fourth-order valence-corrected chi connectivity index (χ4v) is 4.82. The Labute approximate surface area is 176 Å². The molecule has 0 aliphatic carbocycles. The van der Waals surface area contributed by atoms with Crippen molar-refractivity contribution in [3.05, 3.63) is 66.7 Å². The van der Waals surface area contributed by atoms with Crippen molar-refractivity contribution in [1.29, 1.82) is 0 Å². The third kappa shape index (κ3) is 3.38. The van der Waals surface area contributed by atoms with Crippen molar-refractivity contribution in [2.24, 2.45) is 0 Å². The standard InChI is InChI=1S/C21H15N5O2S2/c1-30(27,28)20-4-5-22-11-18(20)26-14-9-15(21-17(10-14)23-6-7-24-21)13-2-3-19-16(8-13)25-12-29-19/h2-12,26H,1H3. The van der Waals surface area contributed by atoms with Gasteiger partial charge in [-0.1, -0.05) is 6.07 Å². The monoisotopic (exact) mass is 433 g/mol. The van der Waals surface area contributed by atoms with Crippen LogP contribution in [0, 0.1) is 0 Å². The van der Waals surface area contributed by atoms with Crippen molar-refractivity contribution in [1.82, 2.24) is 19.9 Å². The van der Waals surface area contributed by atoms with Crippen LogP contribution in [0.15, 0.2) is 71.6 Å². The highest BCUT2D eigenvalue weighted by Crippen LogP contribution is 2.34. The lowest BCUT2D eigenvalue weighted by Gasteiger charge is -2.13. The largest absolute Gasteiger partial charge is 0.353 e. The number of sulfone groups is 1. The van der Waals surface area contributed by atoms with Crippen LogP contribution in [-0.4, -0.2) is 34.6 Å². The zero-order chi connectivity index (χ0) is 20.7. The summed E-state index contributed by atoms with van der Waals surface area (Å²) in [5.41, 5.74) is 7.12. The van der Waals surface area contributed by atoms with Gasteiger partial charge in [-0.2, -0.15) is 0 Å². The molecular weight excluding hydrogens is 418 g/mol. The van der Waals surface area contributed by atoms with E-state index in [1.54, 1.807) is 23.7 Å². The lowest BCUT2D eigenvalue weighted by atomic mass is 10.0. The third-order valence-corrected chi connectivity index (χ3v) is 6.64. The summed E-state index contributed by atoms with van der Waals surface area (Å²) in [5, 5.41) is 3.19. The molecule has 5 aromatic rings. The SMILES string of the molecule is CS(=O)(=O)c1ccncc1Nc1cc(-c2ccc3scnc3c2)c2nccnc2c1. The molecule has 0 saturated heterocycles. The molecule has 3 aromatic heterocycles. The van der Waals surface area contributed by atoms with Crippen LogP contribution in [0.5, 0.6) is 0 Å². The molecule has 0 amide bonds. The molecule has 0 unspecified atom stereocenters. The summed E-state index contributed by atoms with van der Waals surface area (Å²) in [6.45, 7) is 0. The van der Waals surface area contributed by atoms with Crippen LogP contribution in [0.4, 0.5) is 11.4 Å². The Morgan fingerprint density at radius 3 is 2.67 bits per heavy atom. The second kappa shape index (κ2) is 7.12. The summed E-state index contributed by atoms with van der Waals surface area (Å²) in [5.74, 6) is 0. The predicted octanol–water partition coefficient (Wildman–Crippen LogP) is 4.45. The highest BCUT2D eigenvalue weighted by molar-refractivity contribution is 7.90. The van der Waals surface area contributed by atoms with Crippen LogP contribution < -0.4 is 5.32 Å². The molecule has 30 heavy (non-hydrogen) atoms. The van der Waals surface area contributed by atoms with E-state index < -0.39 is 9.84 Å². The predicted molar refractivity (Wildman–Crippen MR) is 119 cm³/mol. The molecule has 0 spiro atoms. The second-order valence-corrected chi connectivity index (χ2v) is 9.62. The van der Waals surface area contributed by atoms with Gasteiger partial charge in [-0.15, -0.1) is 11.3 Å². The lowest BCUT2D eigenvalue weighted by molar-refractivity contribution is 0.602. The van der Waals surface area contributed by atoms with Gasteiger partial charge in [0, 0.05) is 36.1 Å². The molecule has 0 bridgehead atoms. The molecule has 9 heteroatoms. The summed E-state index contributed by atoms with van der Waals surface area (Å²) in [4.78, 5) is 17.6. The van der Waals surface area contributed by atoms with Crippen molar-refractivity contribution < 1.29 is 8.42 Å². The van der Waals surface area contributed by atoms with Gasteiger partial charge in [0.15, 0.2) is 9.84 Å². The number of rotatable bonds is 4. The van der Waals surface area contributed by atoms with E-state index in [4.69, 9.17) is 0 Å². The zero-order valence-corrected chi connectivity index (χ0v) is 17.4. The topological polar surface area (TPSA) is 97.7 Å². The first kappa shape index (κ1) is 18.6. The minimum atomic E-state index is -3.41. The highest BCUT2D eigenvalue weighted by atomic mass is 32.2. The van der Waals surface area contributed by atoms with Gasteiger partial charge in [-0.05, 0) is 35.9 Å². The van der Waals surface area contributed by atoms with E-state index in [0.717, 1.165) is 26.9 Å². The van der Waals surface area contributed by atoms with Crippen molar-refractivity contribution in [2.45, 2.75) is 4.90 Å². The van der Waals surface area contributed by atoms with Gasteiger partial charge in [0.2, 0.25) is 0 Å². The first-order valence-electron chi connectivity index (χ1n) is 8.98. The van der Waals surface area contributed by atoms with Crippen LogP contribution in [0.3, 0.4) is 0 Å². The van der Waals surface area contributed by atoms with E-state index in [0.29, 0.717) is 16.9 Å². The number of nitrogens with one attached hydrogen (secondary N) is 1. The van der Waals surface area contributed by atoms with E-state index in [9.17, 15) is 8.42 Å². The molecule has 148 valence electrons. The maximum absolute atomic E-state index is 12.1. The van der Waals surface area contributed by atoms with Gasteiger partial charge in [-0.25, -0.2) is 13.4 Å². The van der Waals surface area contributed by atoms with E-state index in [1.807, 2.05) is 35.8 Å². The van der Waals surface area contributed by atoms with E-state index in [1.165, 1.54) is 24.7 Å². The van der Waals surface area contributed by atoms with E-state index in [-0.39, 0.29) is 4.90 Å².